The van der Waals surface area contributed by atoms with E-state index in [9.17, 15) is 4.79 Å². The molecular weight excluding hydrogens is 448 g/mol. The quantitative estimate of drug-likeness (QED) is 0.527. The molecule has 3 aromatic rings. The van der Waals surface area contributed by atoms with Crippen LogP contribution in [0.5, 0.6) is 0 Å². The van der Waals surface area contributed by atoms with Crippen LogP contribution < -0.4 is 5.73 Å². The number of hydrogen-bond donors (Lipinski definition) is 1. The number of nitrogens with two attached hydrogens (primary N) is 1. The number of nitrogen functional groups attached to an aromatic ring is 1. The number of thiazole rings is 1. The van der Waals surface area contributed by atoms with Crippen LogP contribution in [-0.2, 0) is 22.5 Å². The average Bonchev–Trinajstić information content (AvgIpc) is 3.50. The number of amides is 1. The maximum atomic E-state index is 13.0. The zero-order valence-electron chi connectivity index (χ0n) is 19.8. The molecule has 1 unspecified atom stereocenters. The van der Waals surface area contributed by atoms with Gasteiger partial charge in [-0.25, -0.2) is 14.8 Å². The topological polar surface area (TPSA) is 90.6 Å². The van der Waals surface area contributed by atoms with Crippen LogP contribution in [0, 0.1) is 0 Å². The molecule has 1 amide bonds. The van der Waals surface area contributed by atoms with E-state index in [1.807, 2.05) is 37.2 Å². The Hall–Kier alpha value is -2.97. The Morgan fingerprint density at radius 1 is 1.24 bits per heavy atom. The minimum absolute atomic E-state index is 0.0366. The van der Waals surface area contributed by atoms with Gasteiger partial charge in [0.15, 0.2) is 0 Å². The Kier molecular flexibility index (Phi) is 6.04. The second kappa shape index (κ2) is 9.00. The fourth-order valence-corrected chi connectivity index (χ4v) is 5.43. The predicted molar refractivity (Wildman–Crippen MR) is 133 cm³/mol. The Balaban J connectivity index is 1.57. The molecule has 5 rings (SSSR count). The van der Waals surface area contributed by atoms with Gasteiger partial charge >= 0.3 is 6.09 Å². The lowest BCUT2D eigenvalue weighted by Crippen LogP contribution is -2.36. The number of rotatable bonds is 3. The van der Waals surface area contributed by atoms with E-state index in [2.05, 4.69) is 28.2 Å². The molecule has 1 saturated heterocycles. The smallest absolute Gasteiger partial charge is 0.410 e. The number of carbonyl (C=O) groups excluding carboxylic acids is 1. The van der Waals surface area contributed by atoms with Gasteiger partial charge in [0.25, 0.3) is 0 Å². The van der Waals surface area contributed by atoms with Crippen LogP contribution >= 0.6 is 11.3 Å². The SMILES string of the molecule is CC(C)(C)OC(=O)N1CCCC1c1cc(-c2cnc(N)c(-c3nccs3)c2)cc2c1COCC2. The summed E-state index contributed by atoms with van der Waals surface area (Å²) in [6.45, 7) is 7.66. The summed E-state index contributed by atoms with van der Waals surface area (Å²) < 4.78 is 11.6. The molecule has 0 saturated carbocycles. The molecule has 0 spiro atoms. The lowest BCUT2D eigenvalue weighted by Gasteiger charge is -2.31. The predicted octanol–water partition coefficient (Wildman–Crippen LogP) is 5.60. The van der Waals surface area contributed by atoms with Crippen molar-refractivity contribution in [3.8, 4) is 21.7 Å². The molecule has 34 heavy (non-hydrogen) atoms. The molecule has 178 valence electrons. The van der Waals surface area contributed by atoms with Gasteiger partial charge in [-0.1, -0.05) is 6.07 Å². The van der Waals surface area contributed by atoms with Gasteiger partial charge in [-0.15, -0.1) is 11.3 Å². The van der Waals surface area contributed by atoms with Gasteiger partial charge in [-0.3, -0.25) is 0 Å². The number of fused-ring (bicyclic) bond motifs is 1. The molecule has 2 aromatic heterocycles. The summed E-state index contributed by atoms with van der Waals surface area (Å²) in [6.07, 6.45) is 6.02. The number of hydrogen-bond acceptors (Lipinski definition) is 7. The molecule has 0 bridgehead atoms. The van der Waals surface area contributed by atoms with Crippen molar-refractivity contribution < 1.29 is 14.3 Å². The Labute approximate surface area is 203 Å². The van der Waals surface area contributed by atoms with Gasteiger partial charge in [0.05, 0.1) is 24.8 Å². The maximum Gasteiger partial charge on any atom is 0.410 e. The fraction of sp³-hybridized carbons (Fsp3) is 0.423. The largest absolute Gasteiger partial charge is 0.444 e. The number of ether oxygens (including phenoxy) is 2. The first-order valence-corrected chi connectivity index (χ1v) is 12.6. The Morgan fingerprint density at radius 3 is 2.85 bits per heavy atom. The summed E-state index contributed by atoms with van der Waals surface area (Å²) >= 11 is 1.54. The van der Waals surface area contributed by atoms with Gasteiger partial charge < -0.3 is 20.1 Å². The highest BCUT2D eigenvalue weighted by atomic mass is 32.1. The van der Waals surface area contributed by atoms with Gasteiger partial charge in [0, 0.05) is 29.9 Å². The first kappa shape index (κ1) is 22.8. The molecule has 1 aromatic carbocycles. The van der Waals surface area contributed by atoms with Crippen LogP contribution in [0.4, 0.5) is 10.6 Å². The molecule has 2 N–H and O–H groups in total. The lowest BCUT2D eigenvalue weighted by atomic mass is 9.88. The highest BCUT2D eigenvalue weighted by Crippen LogP contribution is 2.40. The molecule has 8 heteroatoms. The molecule has 7 nitrogen and oxygen atoms in total. The Bertz CT molecular complexity index is 1200. The number of nitrogens with zero attached hydrogens (tertiary/aromatic N) is 3. The monoisotopic (exact) mass is 478 g/mol. The highest BCUT2D eigenvalue weighted by molar-refractivity contribution is 7.13. The summed E-state index contributed by atoms with van der Waals surface area (Å²) in [7, 11) is 0. The molecular formula is C26H30N4O3S. The van der Waals surface area contributed by atoms with Gasteiger partial charge in [-0.2, -0.15) is 0 Å². The van der Waals surface area contributed by atoms with Crippen molar-refractivity contribution >= 4 is 23.2 Å². The third-order valence-corrected chi connectivity index (χ3v) is 7.10. The summed E-state index contributed by atoms with van der Waals surface area (Å²) in [6, 6.07) is 6.45. The van der Waals surface area contributed by atoms with Gasteiger partial charge in [-0.05, 0) is 74.4 Å². The number of anilines is 1. The third-order valence-electron chi connectivity index (χ3n) is 6.29. The lowest BCUT2D eigenvalue weighted by molar-refractivity contribution is 0.0221. The molecule has 1 fully saturated rings. The number of likely N-dealkylation sites (tertiary alicyclic amines) is 1. The Morgan fingerprint density at radius 2 is 2.09 bits per heavy atom. The van der Waals surface area contributed by atoms with Gasteiger partial charge in [0.2, 0.25) is 0 Å². The van der Waals surface area contributed by atoms with Gasteiger partial charge in [0.1, 0.15) is 16.4 Å². The summed E-state index contributed by atoms with van der Waals surface area (Å²) in [5.74, 6) is 0.470. The zero-order chi connectivity index (χ0) is 23.9. The van der Waals surface area contributed by atoms with Crippen LogP contribution in [0.25, 0.3) is 21.7 Å². The normalized spacial score (nSPS) is 18.1. The zero-order valence-corrected chi connectivity index (χ0v) is 20.7. The van der Waals surface area contributed by atoms with Crippen LogP contribution in [0.1, 0.15) is 56.3 Å². The first-order valence-electron chi connectivity index (χ1n) is 11.7. The van der Waals surface area contributed by atoms with E-state index >= 15 is 0 Å². The average molecular weight is 479 g/mol. The van der Waals surface area contributed by atoms with Crippen molar-refractivity contribution in [2.75, 3.05) is 18.9 Å². The maximum absolute atomic E-state index is 13.0. The molecule has 2 aliphatic rings. The van der Waals surface area contributed by atoms with E-state index in [1.54, 1.807) is 17.5 Å². The van der Waals surface area contributed by atoms with Crippen LogP contribution in [-0.4, -0.2) is 39.7 Å². The molecule has 2 aliphatic heterocycles. The van der Waals surface area contributed by atoms with E-state index in [0.29, 0.717) is 25.6 Å². The van der Waals surface area contributed by atoms with Crippen molar-refractivity contribution in [3.63, 3.8) is 0 Å². The summed E-state index contributed by atoms with van der Waals surface area (Å²) in [5.41, 5.74) is 12.1. The molecule has 1 atom stereocenters. The van der Waals surface area contributed by atoms with Crippen LogP contribution in [0.15, 0.2) is 36.0 Å². The summed E-state index contributed by atoms with van der Waals surface area (Å²) in [5, 5.41) is 2.79. The summed E-state index contributed by atoms with van der Waals surface area (Å²) in [4.78, 5) is 23.8. The number of pyridine rings is 1. The third kappa shape index (κ3) is 4.52. The second-order valence-electron chi connectivity index (χ2n) is 9.83. The minimum Gasteiger partial charge on any atom is -0.444 e. The number of carbonyl (C=O) groups is 1. The van der Waals surface area contributed by atoms with Crippen molar-refractivity contribution in [2.24, 2.45) is 0 Å². The van der Waals surface area contributed by atoms with E-state index in [1.165, 1.54) is 11.1 Å². The molecule has 0 aliphatic carbocycles. The highest BCUT2D eigenvalue weighted by Gasteiger charge is 2.35. The molecule has 4 heterocycles. The number of aromatic nitrogens is 2. The second-order valence-corrected chi connectivity index (χ2v) is 10.7. The minimum atomic E-state index is -0.531. The standard InChI is InChI=1S/C26H30N4O3S/c1-26(2,3)33-25(31)30-8-4-5-22(30)19-12-17(11-16-6-9-32-15-21(16)19)18-13-20(23(27)29-14-18)24-28-7-10-34-24/h7,10-14,22H,4-6,8-9,15H2,1-3H3,(H2,27,29). The van der Waals surface area contributed by atoms with E-state index < -0.39 is 5.60 Å². The van der Waals surface area contributed by atoms with E-state index in [4.69, 9.17) is 15.2 Å². The van der Waals surface area contributed by atoms with Crippen LogP contribution in [0.3, 0.4) is 0 Å². The number of benzene rings is 1. The van der Waals surface area contributed by atoms with Crippen molar-refractivity contribution in [1.82, 2.24) is 14.9 Å². The van der Waals surface area contributed by atoms with Crippen molar-refractivity contribution in [3.05, 3.63) is 52.7 Å². The van der Waals surface area contributed by atoms with E-state index in [0.717, 1.165) is 46.5 Å². The first-order chi connectivity index (χ1) is 16.3. The van der Waals surface area contributed by atoms with Crippen LogP contribution in [0.2, 0.25) is 0 Å². The van der Waals surface area contributed by atoms with E-state index in [-0.39, 0.29) is 12.1 Å². The fourth-order valence-electron chi connectivity index (χ4n) is 4.77. The van der Waals surface area contributed by atoms with Crippen molar-refractivity contribution in [1.29, 1.82) is 0 Å². The van der Waals surface area contributed by atoms with Crippen molar-refractivity contribution in [2.45, 2.75) is 58.3 Å². The molecule has 0 radical (unpaired) electrons.